The van der Waals surface area contributed by atoms with Crippen molar-refractivity contribution >= 4 is 11.8 Å². The minimum atomic E-state index is 0.838. The molecule has 1 nitrogen and oxygen atoms in total. The topological polar surface area (TPSA) is 12.0 Å². The molecule has 0 bridgehead atoms. The van der Waals surface area contributed by atoms with Gasteiger partial charge in [0.05, 0.1) is 0 Å². The van der Waals surface area contributed by atoms with E-state index in [1.807, 2.05) is 11.8 Å². The molecule has 0 spiro atoms. The van der Waals surface area contributed by atoms with Crippen molar-refractivity contribution in [2.75, 3.05) is 12.3 Å². The number of nitrogens with one attached hydrogen (secondary N) is 1. The summed E-state index contributed by atoms with van der Waals surface area (Å²) in [7, 11) is 0. The molecule has 0 atom stereocenters. The van der Waals surface area contributed by atoms with Gasteiger partial charge in [0.1, 0.15) is 0 Å². The van der Waals surface area contributed by atoms with Crippen LogP contribution in [0.2, 0.25) is 0 Å². The number of hydrogen-bond donors (Lipinski definition) is 1. The second-order valence-corrected chi connectivity index (χ2v) is 4.79. The van der Waals surface area contributed by atoms with Crippen LogP contribution < -0.4 is 5.32 Å². The van der Waals surface area contributed by atoms with Crippen LogP contribution in [0.4, 0.5) is 0 Å². The van der Waals surface area contributed by atoms with Gasteiger partial charge < -0.3 is 5.32 Å². The minimum Gasteiger partial charge on any atom is -0.313 e. The van der Waals surface area contributed by atoms with E-state index in [9.17, 15) is 0 Å². The fourth-order valence-corrected chi connectivity index (χ4v) is 2.12. The van der Waals surface area contributed by atoms with Gasteiger partial charge in [0.25, 0.3) is 0 Å². The van der Waals surface area contributed by atoms with Gasteiger partial charge >= 0.3 is 0 Å². The van der Waals surface area contributed by atoms with Gasteiger partial charge in [0, 0.05) is 23.6 Å². The van der Waals surface area contributed by atoms with Gasteiger partial charge in [0.15, 0.2) is 0 Å². The summed E-state index contributed by atoms with van der Waals surface area (Å²) in [6.45, 7) is 4.22. The Labute approximate surface area is 103 Å². The minimum absolute atomic E-state index is 0.838. The summed E-state index contributed by atoms with van der Waals surface area (Å²) in [5, 5.41) is 3.39. The van der Waals surface area contributed by atoms with Gasteiger partial charge in [0.2, 0.25) is 0 Å². The fourth-order valence-electron chi connectivity index (χ4n) is 1.34. The van der Waals surface area contributed by atoms with Crippen molar-refractivity contribution in [1.29, 1.82) is 0 Å². The lowest BCUT2D eigenvalue weighted by molar-refractivity contribution is 0.675. The lowest BCUT2D eigenvalue weighted by Crippen LogP contribution is -2.13. The van der Waals surface area contributed by atoms with Crippen molar-refractivity contribution in [3.8, 4) is 12.3 Å². The SMILES string of the molecule is C#CCCSc1ccc(CNCCC)cc1. The Morgan fingerprint density at radius 3 is 2.69 bits per heavy atom. The molecule has 1 N–H and O–H groups in total. The fraction of sp³-hybridized carbons (Fsp3) is 0.429. The first-order chi connectivity index (χ1) is 7.86. The summed E-state index contributed by atoms with van der Waals surface area (Å²) in [6, 6.07) is 8.70. The standard InChI is InChI=1S/C14H19NS/c1-3-5-11-16-14-8-6-13(7-9-14)12-15-10-4-2/h1,6-9,15H,4-5,10-12H2,2H3. The molecular formula is C14H19NS. The van der Waals surface area contributed by atoms with Crippen LogP contribution >= 0.6 is 11.8 Å². The van der Waals surface area contributed by atoms with E-state index in [-0.39, 0.29) is 0 Å². The first kappa shape index (κ1) is 13.2. The number of terminal acetylenes is 1. The number of rotatable bonds is 7. The van der Waals surface area contributed by atoms with E-state index in [0.717, 1.165) is 25.3 Å². The second-order valence-electron chi connectivity index (χ2n) is 3.62. The summed E-state index contributed by atoms with van der Waals surface area (Å²) in [6.07, 6.45) is 7.23. The van der Waals surface area contributed by atoms with Crippen molar-refractivity contribution in [3.63, 3.8) is 0 Å². The molecule has 0 aromatic heterocycles. The molecule has 0 aliphatic carbocycles. The zero-order chi connectivity index (χ0) is 11.6. The summed E-state index contributed by atoms with van der Waals surface area (Å²) in [5.74, 6) is 3.66. The van der Waals surface area contributed by atoms with E-state index in [1.165, 1.54) is 16.9 Å². The zero-order valence-electron chi connectivity index (χ0n) is 9.83. The van der Waals surface area contributed by atoms with Crippen molar-refractivity contribution < 1.29 is 0 Å². The highest BCUT2D eigenvalue weighted by Gasteiger charge is 1.95. The third-order valence-corrected chi connectivity index (χ3v) is 3.21. The normalized spacial score (nSPS) is 10.0. The van der Waals surface area contributed by atoms with Gasteiger partial charge in [-0.25, -0.2) is 0 Å². The predicted molar refractivity (Wildman–Crippen MR) is 72.6 cm³/mol. The molecule has 1 rings (SSSR count). The first-order valence-electron chi connectivity index (χ1n) is 5.72. The molecule has 0 radical (unpaired) electrons. The summed E-state index contributed by atoms with van der Waals surface area (Å²) in [4.78, 5) is 1.30. The predicted octanol–water partition coefficient (Wildman–Crippen LogP) is 3.30. The summed E-state index contributed by atoms with van der Waals surface area (Å²) in [5.41, 5.74) is 1.34. The van der Waals surface area contributed by atoms with Gasteiger partial charge in [-0.3, -0.25) is 0 Å². The van der Waals surface area contributed by atoms with Crippen LogP contribution in [0.5, 0.6) is 0 Å². The second kappa shape index (κ2) is 8.27. The average Bonchev–Trinajstić information content (AvgIpc) is 2.32. The Balaban J connectivity index is 2.33. The Hall–Kier alpha value is -0.910. The molecule has 0 heterocycles. The molecule has 0 amide bonds. The van der Waals surface area contributed by atoms with E-state index < -0.39 is 0 Å². The van der Waals surface area contributed by atoms with Crippen LogP contribution in [0.3, 0.4) is 0 Å². The molecule has 2 heteroatoms. The number of hydrogen-bond acceptors (Lipinski definition) is 2. The molecule has 0 unspecified atom stereocenters. The summed E-state index contributed by atoms with van der Waals surface area (Å²) >= 11 is 1.82. The first-order valence-corrected chi connectivity index (χ1v) is 6.71. The van der Waals surface area contributed by atoms with Gasteiger partial charge in [-0.2, -0.15) is 0 Å². The number of thioether (sulfide) groups is 1. The van der Waals surface area contributed by atoms with E-state index >= 15 is 0 Å². The third-order valence-electron chi connectivity index (χ3n) is 2.19. The monoisotopic (exact) mass is 233 g/mol. The van der Waals surface area contributed by atoms with Crippen LogP contribution in [0.25, 0.3) is 0 Å². The Kier molecular flexibility index (Phi) is 6.80. The molecule has 16 heavy (non-hydrogen) atoms. The van der Waals surface area contributed by atoms with Gasteiger partial charge in [-0.05, 0) is 30.7 Å². The average molecular weight is 233 g/mol. The lowest BCUT2D eigenvalue weighted by atomic mass is 10.2. The quantitative estimate of drug-likeness (QED) is 0.440. The van der Waals surface area contributed by atoms with Crippen molar-refractivity contribution in [1.82, 2.24) is 5.32 Å². The van der Waals surface area contributed by atoms with Crippen LogP contribution in [-0.4, -0.2) is 12.3 Å². The van der Waals surface area contributed by atoms with Crippen molar-refractivity contribution in [2.45, 2.75) is 31.2 Å². The van der Waals surface area contributed by atoms with Gasteiger partial charge in [-0.1, -0.05) is 19.1 Å². The Morgan fingerprint density at radius 1 is 1.31 bits per heavy atom. The molecular weight excluding hydrogens is 214 g/mol. The largest absolute Gasteiger partial charge is 0.313 e. The third kappa shape index (κ3) is 5.25. The van der Waals surface area contributed by atoms with Gasteiger partial charge in [-0.15, -0.1) is 24.1 Å². The lowest BCUT2D eigenvalue weighted by Gasteiger charge is -2.04. The van der Waals surface area contributed by atoms with Crippen LogP contribution in [0, 0.1) is 12.3 Å². The molecule has 0 saturated heterocycles. The van der Waals surface area contributed by atoms with E-state index in [0.29, 0.717) is 0 Å². The highest BCUT2D eigenvalue weighted by Crippen LogP contribution is 2.18. The van der Waals surface area contributed by atoms with E-state index in [1.54, 1.807) is 0 Å². The van der Waals surface area contributed by atoms with Crippen molar-refractivity contribution in [2.24, 2.45) is 0 Å². The molecule has 0 fully saturated rings. The zero-order valence-corrected chi connectivity index (χ0v) is 10.6. The molecule has 86 valence electrons. The number of benzene rings is 1. The molecule has 0 aliphatic heterocycles. The molecule has 1 aromatic carbocycles. The van der Waals surface area contributed by atoms with Crippen LogP contribution in [0.15, 0.2) is 29.2 Å². The van der Waals surface area contributed by atoms with Crippen LogP contribution in [-0.2, 0) is 6.54 Å². The van der Waals surface area contributed by atoms with E-state index in [2.05, 4.69) is 42.4 Å². The highest BCUT2D eigenvalue weighted by atomic mass is 32.2. The van der Waals surface area contributed by atoms with Crippen molar-refractivity contribution in [3.05, 3.63) is 29.8 Å². The van der Waals surface area contributed by atoms with E-state index in [4.69, 9.17) is 6.42 Å². The highest BCUT2D eigenvalue weighted by molar-refractivity contribution is 7.99. The smallest absolute Gasteiger partial charge is 0.0205 e. The molecule has 0 aliphatic rings. The molecule has 0 saturated carbocycles. The maximum absolute atomic E-state index is 5.21. The molecule has 1 aromatic rings. The summed E-state index contributed by atoms with van der Waals surface area (Å²) < 4.78 is 0. The Bertz CT molecular complexity index is 324. The Morgan fingerprint density at radius 2 is 2.06 bits per heavy atom. The maximum atomic E-state index is 5.21. The maximum Gasteiger partial charge on any atom is 0.0205 e. The van der Waals surface area contributed by atoms with Crippen LogP contribution in [0.1, 0.15) is 25.3 Å².